The van der Waals surface area contributed by atoms with Crippen LogP contribution in [0.4, 0.5) is 8.78 Å². The van der Waals surface area contributed by atoms with Gasteiger partial charge in [-0.3, -0.25) is 9.59 Å². The molecule has 0 heterocycles. The van der Waals surface area contributed by atoms with Gasteiger partial charge >= 0.3 is 0 Å². The van der Waals surface area contributed by atoms with Crippen molar-refractivity contribution in [3.8, 4) is 0 Å². The summed E-state index contributed by atoms with van der Waals surface area (Å²) < 4.78 is 25.6. The van der Waals surface area contributed by atoms with Crippen molar-refractivity contribution in [3.63, 3.8) is 0 Å². The number of hydrogen-bond acceptors (Lipinski definition) is 3. The molecule has 1 aromatic carbocycles. The summed E-state index contributed by atoms with van der Waals surface area (Å²) in [6.07, 6.45) is 0. The van der Waals surface area contributed by atoms with E-state index in [0.29, 0.717) is 0 Å². The molecule has 1 aromatic rings. The summed E-state index contributed by atoms with van der Waals surface area (Å²) in [5, 5.41) is 13.6. The van der Waals surface area contributed by atoms with Gasteiger partial charge in [0.15, 0.2) is 11.6 Å². The summed E-state index contributed by atoms with van der Waals surface area (Å²) in [6.45, 7) is 1.70. The second-order valence-electron chi connectivity index (χ2n) is 4.40. The van der Waals surface area contributed by atoms with Crippen LogP contribution in [0.15, 0.2) is 18.2 Å². The predicted molar refractivity (Wildman–Crippen MR) is 68.0 cm³/mol. The van der Waals surface area contributed by atoms with E-state index in [0.717, 1.165) is 18.2 Å². The fourth-order valence-electron chi connectivity index (χ4n) is 1.32. The number of rotatable bonds is 6. The van der Waals surface area contributed by atoms with Gasteiger partial charge in [-0.25, -0.2) is 8.78 Å². The van der Waals surface area contributed by atoms with Crippen LogP contribution in [0.2, 0.25) is 0 Å². The fraction of sp³-hybridized carbons (Fsp3) is 0.385. The van der Waals surface area contributed by atoms with E-state index in [-0.39, 0.29) is 31.2 Å². The first-order valence-corrected chi connectivity index (χ1v) is 6.04. The van der Waals surface area contributed by atoms with Gasteiger partial charge in [0.25, 0.3) is 5.91 Å². The molecule has 0 aliphatic heterocycles. The zero-order valence-electron chi connectivity index (χ0n) is 11.0. The third-order valence-corrected chi connectivity index (χ3v) is 2.55. The Morgan fingerprint density at radius 3 is 2.55 bits per heavy atom. The summed E-state index contributed by atoms with van der Waals surface area (Å²) in [6, 6.07) is 2.73. The lowest BCUT2D eigenvalue weighted by Gasteiger charge is -2.10. The normalized spacial score (nSPS) is 11.8. The van der Waals surface area contributed by atoms with Crippen LogP contribution >= 0.6 is 0 Å². The van der Waals surface area contributed by atoms with Crippen LogP contribution in [0.25, 0.3) is 0 Å². The van der Waals surface area contributed by atoms with E-state index in [1.54, 1.807) is 6.92 Å². The summed E-state index contributed by atoms with van der Waals surface area (Å²) in [4.78, 5) is 23.0. The average Bonchev–Trinajstić information content (AvgIpc) is 2.44. The number of aliphatic hydroxyl groups is 1. The van der Waals surface area contributed by atoms with Crippen molar-refractivity contribution in [3.05, 3.63) is 35.4 Å². The second kappa shape index (κ2) is 7.54. The van der Waals surface area contributed by atoms with Crippen molar-refractivity contribution in [2.75, 3.05) is 19.7 Å². The van der Waals surface area contributed by atoms with Crippen LogP contribution in [0.5, 0.6) is 0 Å². The average molecular weight is 286 g/mol. The molecule has 5 nitrogen and oxygen atoms in total. The molecule has 20 heavy (non-hydrogen) atoms. The van der Waals surface area contributed by atoms with Gasteiger partial charge in [-0.05, 0) is 24.1 Å². The number of benzene rings is 1. The highest BCUT2D eigenvalue weighted by molar-refractivity contribution is 5.96. The number of aliphatic hydroxyl groups excluding tert-OH is 1. The van der Waals surface area contributed by atoms with Gasteiger partial charge in [-0.2, -0.15) is 0 Å². The maximum absolute atomic E-state index is 12.9. The number of nitrogens with one attached hydrogen (secondary N) is 2. The molecule has 0 spiro atoms. The van der Waals surface area contributed by atoms with Gasteiger partial charge in [-0.15, -0.1) is 0 Å². The highest BCUT2D eigenvalue weighted by Gasteiger charge is 2.11. The minimum absolute atomic E-state index is 0.0541. The van der Waals surface area contributed by atoms with E-state index in [9.17, 15) is 18.4 Å². The number of carbonyl (C=O) groups excluding carboxylic acids is 2. The molecule has 1 rings (SSSR count). The van der Waals surface area contributed by atoms with E-state index in [1.165, 1.54) is 0 Å². The van der Waals surface area contributed by atoms with Crippen LogP contribution in [0.1, 0.15) is 17.3 Å². The van der Waals surface area contributed by atoms with Crippen molar-refractivity contribution >= 4 is 11.8 Å². The van der Waals surface area contributed by atoms with E-state index in [4.69, 9.17) is 5.11 Å². The molecule has 0 aliphatic carbocycles. The number of carbonyl (C=O) groups is 2. The van der Waals surface area contributed by atoms with Gasteiger partial charge in [0.05, 0.1) is 6.54 Å². The summed E-state index contributed by atoms with van der Waals surface area (Å²) in [7, 11) is 0. The smallest absolute Gasteiger partial charge is 0.251 e. The van der Waals surface area contributed by atoms with Crippen molar-refractivity contribution in [2.24, 2.45) is 5.92 Å². The summed E-state index contributed by atoms with van der Waals surface area (Å²) in [5.74, 6) is -3.35. The Balaban J connectivity index is 2.43. The quantitative estimate of drug-likeness (QED) is 0.710. The van der Waals surface area contributed by atoms with Crippen LogP contribution < -0.4 is 10.6 Å². The Bertz CT molecular complexity index is 495. The Morgan fingerprint density at radius 2 is 1.95 bits per heavy atom. The lowest BCUT2D eigenvalue weighted by Crippen LogP contribution is -2.39. The molecule has 2 amide bonds. The third-order valence-electron chi connectivity index (χ3n) is 2.55. The zero-order valence-corrected chi connectivity index (χ0v) is 11.0. The largest absolute Gasteiger partial charge is 0.396 e. The molecular formula is C13H16F2N2O3. The molecule has 7 heteroatoms. The molecule has 110 valence electrons. The van der Waals surface area contributed by atoms with Gasteiger partial charge in [0.2, 0.25) is 5.91 Å². The molecule has 3 N–H and O–H groups in total. The first-order chi connectivity index (χ1) is 9.43. The van der Waals surface area contributed by atoms with Crippen LogP contribution in [-0.2, 0) is 4.79 Å². The third kappa shape index (κ3) is 4.93. The lowest BCUT2D eigenvalue weighted by molar-refractivity contribution is -0.120. The molecule has 1 unspecified atom stereocenters. The predicted octanol–water partition coefficient (Wildman–Crippen LogP) is 0.439. The van der Waals surface area contributed by atoms with Crippen LogP contribution in [0.3, 0.4) is 0 Å². The molecule has 0 aliphatic rings. The van der Waals surface area contributed by atoms with Crippen molar-refractivity contribution < 1.29 is 23.5 Å². The Labute approximate surface area is 115 Å². The summed E-state index contributed by atoms with van der Waals surface area (Å²) in [5.41, 5.74) is -0.0690. The summed E-state index contributed by atoms with van der Waals surface area (Å²) >= 11 is 0. The fourth-order valence-corrected chi connectivity index (χ4v) is 1.32. The lowest BCUT2D eigenvalue weighted by atomic mass is 10.2. The zero-order chi connectivity index (χ0) is 15.1. The maximum Gasteiger partial charge on any atom is 0.251 e. The van der Waals surface area contributed by atoms with Crippen molar-refractivity contribution in [1.29, 1.82) is 0 Å². The van der Waals surface area contributed by atoms with Crippen molar-refractivity contribution in [2.45, 2.75) is 6.92 Å². The molecule has 0 bridgehead atoms. The molecule has 0 saturated heterocycles. The second-order valence-corrected chi connectivity index (χ2v) is 4.40. The minimum Gasteiger partial charge on any atom is -0.396 e. The van der Waals surface area contributed by atoms with Gasteiger partial charge < -0.3 is 15.7 Å². The number of hydrogen-bond donors (Lipinski definition) is 3. The monoisotopic (exact) mass is 286 g/mol. The number of halogens is 2. The standard InChI is InChI=1S/C13H16F2N2O3/c1-8(7-18)5-16-12(19)6-17-13(20)9-2-3-10(14)11(15)4-9/h2-4,8,18H,5-7H2,1H3,(H,16,19)(H,17,20). The maximum atomic E-state index is 12.9. The SMILES string of the molecule is CC(CO)CNC(=O)CNC(=O)c1ccc(F)c(F)c1. The highest BCUT2D eigenvalue weighted by Crippen LogP contribution is 2.08. The van der Waals surface area contributed by atoms with Crippen LogP contribution in [0, 0.1) is 17.6 Å². The van der Waals surface area contributed by atoms with E-state index >= 15 is 0 Å². The van der Waals surface area contributed by atoms with Gasteiger partial charge in [0.1, 0.15) is 0 Å². The molecule has 0 aromatic heterocycles. The topological polar surface area (TPSA) is 78.4 Å². The molecule has 0 fully saturated rings. The minimum atomic E-state index is -1.13. The Morgan fingerprint density at radius 1 is 1.25 bits per heavy atom. The Kier molecular flexibility index (Phi) is 6.05. The van der Waals surface area contributed by atoms with Gasteiger partial charge in [0, 0.05) is 18.7 Å². The van der Waals surface area contributed by atoms with E-state index in [2.05, 4.69) is 10.6 Å². The molecule has 0 saturated carbocycles. The van der Waals surface area contributed by atoms with Crippen molar-refractivity contribution in [1.82, 2.24) is 10.6 Å². The van der Waals surface area contributed by atoms with Crippen LogP contribution in [-0.4, -0.2) is 36.6 Å². The first kappa shape index (κ1) is 16.0. The molecule has 1 atom stereocenters. The molecule has 0 radical (unpaired) electrons. The molecular weight excluding hydrogens is 270 g/mol. The number of amides is 2. The van der Waals surface area contributed by atoms with E-state index in [1.807, 2.05) is 0 Å². The van der Waals surface area contributed by atoms with E-state index < -0.39 is 23.4 Å². The Hall–Kier alpha value is -2.02. The van der Waals surface area contributed by atoms with Gasteiger partial charge in [-0.1, -0.05) is 6.92 Å². The first-order valence-electron chi connectivity index (χ1n) is 6.04. The highest BCUT2D eigenvalue weighted by atomic mass is 19.2.